The number of H-pyrrole nitrogens is 1. The number of benzene rings is 1. The summed E-state index contributed by atoms with van der Waals surface area (Å²) in [4.78, 5) is 24.4. The summed E-state index contributed by atoms with van der Waals surface area (Å²) in [5, 5.41) is 1.92. The van der Waals surface area contributed by atoms with Gasteiger partial charge in [-0.3, -0.25) is 14.6 Å². The molecule has 6 heteroatoms. The molecule has 1 aromatic carbocycles. The van der Waals surface area contributed by atoms with E-state index in [1.807, 2.05) is 11.4 Å². The number of rotatable bonds is 6. The molecule has 0 aliphatic carbocycles. The molecule has 0 radical (unpaired) electrons. The molecule has 0 amide bonds. The van der Waals surface area contributed by atoms with Crippen molar-refractivity contribution in [1.82, 2.24) is 19.8 Å². The van der Waals surface area contributed by atoms with E-state index in [0.29, 0.717) is 17.2 Å². The minimum absolute atomic E-state index is 0.0247. The fraction of sp³-hybridized carbons (Fsp3) is 0.400. The lowest BCUT2D eigenvalue weighted by atomic mass is 10.1. The van der Waals surface area contributed by atoms with Gasteiger partial charge in [0.1, 0.15) is 10.5 Å². The summed E-state index contributed by atoms with van der Waals surface area (Å²) < 4.78 is 0.712. The fourth-order valence-electron chi connectivity index (χ4n) is 3.80. The number of likely N-dealkylation sites (tertiary alicyclic amines) is 1. The number of thiophene rings is 1. The molecule has 1 saturated heterocycles. The van der Waals surface area contributed by atoms with Crippen LogP contribution in [0, 0.1) is 5.92 Å². The summed E-state index contributed by atoms with van der Waals surface area (Å²) >= 11 is 1.44. The second-order valence-corrected chi connectivity index (χ2v) is 8.14. The van der Waals surface area contributed by atoms with E-state index in [4.69, 9.17) is 0 Å². The van der Waals surface area contributed by atoms with Gasteiger partial charge in [0, 0.05) is 19.6 Å². The van der Waals surface area contributed by atoms with Crippen molar-refractivity contribution >= 4 is 21.6 Å². The zero-order valence-electron chi connectivity index (χ0n) is 15.0. The van der Waals surface area contributed by atoms with E-state index < -0.39 is 0 Å². The summed E-state index contributed by atoms with van der Waals surface area (Å²) in [5.74, 6) is 1.42. The fourth-order valence-corrected chi connectivity index (χ4v) is 4.53. The van der Waals surface area contributed by atoms with Gasteiger partial charge < -0.3 is 4.98 Å². The predicted molar refractivity (Wildman–Crippen MR) is 106 cm³/mol. The van der Waals surface area contributed by atoms with Crippen LogP contribution in [-0.2, 0) is 13.1 Å². The Hall–Kier alpha value is -2.02. The number of aromatic amines is 1. The van der Waals surface area contributed by atoms with Gasteiger partial charge in [0.25, 0.3) is 5.56 Å². The Balaban J connectivity index is 1.32. The molecule has 26 heavy (non-hydrogen) atoms. The Morgan fingerprint density at radius 2 is 2.15 bits per heavy atom. The van der Waals surface area contributed by atoms with Crippen LogP contribution < -0.4 is 5.56 Å². The van der Waals surface area contributed by atoms with Crippen molar-refractivity contribution in [2.75, 3.05) is 26.7 Å². The van der Waals surface area contributed by atoms with E-state index in [1.165, 1.54) is 23.3 Å². The van der Waals surface area contributed by atoms with Crippen LogP contribution in [-0.4, -0.2) is 46.4 Å². The van der Waals surface area contributed by atoms with E-state index in [1.54, 1.807) is 0 Å². The second-order valence-electron chi connectivity index (χ2n) is 7.22. The highest BCUT2D eigenvalue weighted by Crippen LogP contribution is 2.20. The molecular formula is C20H24N4OS. The van der Waals surface area contributed by atoms with Gasteiger partial charge >= 0.3 is 0 Å². The van der Waals surface area contributed by atoms with Crippen molar-refractivity contribution < 1.29 is 0 Å². The van der Waals surface area contributed by atoms with Gasteiger partial charge in [0.05, 0.1) is 12.1 Å². The van der Waals surface area contributed by atoms with Crippen molar-refractivity contribution in [3.05, 3.63) is 63.5 Å². The lowest BCUT2D eigenvalue weighted by Crippen LogP contribution is -2.29. The van der Waals surface area contributed by atoms with Crippen LogP contribution in [0.5, 0.6) is 0 Å². The Morgan fingerprint density at radius 1 is 1.31 bits per heavy atom. The average molecular weight is 369 g/mol. The molecule has 3 heterocycles. The normalized spacial score (nSPS) is 18.2. The van der Waals surface area contributed by atoms with Crippen LogP contribution in [0.4, 0.5) is 0 Å². The standard InChI is InChI=1S/C20H24N4OS/c1-23(14-18-21-17-8-10-26-19(17)20(25)22-18)11-16-7-9-24(13-16)12-15-5-3-2-4-6-15/h2-6,8,10,16H,7,9,11-14H2,1H3,(H,21,22,25). The highest BCUT2D eigenvalue weighted by atomic mass is 32.1. The van der Waals surface area contributed by atoms with E-state index in [0.717, 1.165) is 37.5 Å². The third kappa shape index (κ3) is 4.03. The monoisotopic (exact) mass is 368 g/mol. The number of nitrogens with one attached hydrogen (secondary N) is 1. The molecule has 1 fully saturated rings. The van der Waals surface area contributed by atoms with Crippen molar-refractivity contribution in [3.63, 3.8) is 0 Å². The van der Waals surface area contributed by atoms with Crippen LogP contribution in [0.3, 0.4) is 0 Å². The van der Waals surface area contributed by atoms with E-state index in [9.17, 15) is 4.79 Å². The second kappa shape index (κ2) is 7.70. The highest BCUT2D eigenvalue weighted by Gasteiger charge is 2.23. The van der Waals surface area contributed by atoms with Gasteiger partial charge in [-0.15, -0.1) is 11.3 Å². The number of fused-ring (bicyclic) bond motifs is 1. The first kappa shape index (κ1) is 17.4. The van der Waals surface area contributed by atoms with E-state index in [2.05, 4.69) is 57.1 Å². The summed E-state index contributed by atoms with van der Waals surface area (Å²) in [7, 11) is 2.11. The van der Waals surface area contributed by atoms with Crippen LogP contribution in [0.1, 0.15) is 17.8 Å². The van der Waals surface area contributed by atoms with Crippen molar-refractivity contribution in [3.8, 4) is 0 Å². The Labute approximate surface area is 157 Å². The smallest absolute Gasteiger partial charge is 0.268 e. The molecule has 1 atom stereocenters. The van der Waals surface area contributed by atoms with Gasteiger partial charge in [-0.2, -0.15) is 0 Å². The van der Waals surface area contributed by atoms with Gasteiger partial charge in [-0.25, -0.2) is 4.98 Å². The predicted octanol–water partition coefficient (Wildman–Crippen LogP) is 2.94. The Bertz CT molecular complexity index is 920. The molecule has 1 aliphatic rings. The van der Waals surface area contributed by atoms with E-state index in [-0.39, 0.29) is 5.56 Å². The third-order valence-electron chi connectivity index (χ3n) is 4.97. The molecule has 5 nitrogen and oxygen atoms in total. The lowest BCUT2D eigenvalue weighted by molar-refractivity contribution is 0.251. The first-order chi connectivity index (χ1) is 12.7. The molecule has 4 rings (SSSR count). The zero-order valence-corrected chi connectivity index (χ0v) is 15.8. The third-order valence-corrected chi connectivity index (χ3v) is 5.87. The maximum absolute atomic E-state index is 12.1. The molecule has 1 aliphatic heterocycles. The summed E-state index contributed by atoms with van der Waals surface area (Å²) in [6, 6.07) is 12.6. The van der Waals surface area contributed by atoms with Gasteiger partial charge in [0.15, 0.2) is 0 Å². The van der Waals surface area contributed by atoms with Crippen LogP contribution in [0.2, 0.25) is 0 Å². The number of hydrogen-bond donors (Lipinski definition) is 1. The van der Waals surface area contributed by atoms with Gasteiger partial charge in [0.2, 0.25) is 0 Å². The summed E-state index contributed by atoms with van der Waals surface area (Å²) in [6.07, 6.45) is 1.23. The molecule has 0 bridgehead atoms. The largest absolute Gasteiger partial charge is 0.308 e. The van der Waals surface area contributed by atoms with Crippen molar-refractivity contribution in [1.29, 1.82) is 0 Å². The highest BCUT2D eigenvalue weighted by molar-refractivity contribution is 7.17. The number of hydrogen-bond acceptors (Lipinski definition) is 5. The summed E-state index contributed by atoms with van der Waals surface area (Å²) in [5.41, 5.74) is 2.16. The lowest BCUT2D eigenvalue weighted by Gasteiger charge is -2.21. The molecule has 1 unspecified atom stereocenters. The Morgan fingerprint density at radius 3 is 3.00 bits per heavy atom. The zero-order chi connectivity index (χ0) is 17.9. The van der Waals surface area contributed by atoms with Crippen LogP contribution >= 0.6 is 11.3 Å². The molecular weight excluding hydrogens is 344 g/mol. The van der Waals surface area contributed by atoms with E-state index >= 15 is 0 Å². The van der Waals surface area contributed by atoms with Crippen LogP contribution in [0.25, 0.3) is 10.2 Å². The topological polar surface area (TPSA) is 52.2 Å². The molecule has 136 valence electrons. The van der Waals surface area contributed by atoms with Crippen LogP contribution in [0.15, 0.2) is 46.6 Å². The molecule has 0 spiro atoms. The quantitative estimate of drug-likeness (QED) is 0.727. The Kier molecular flexibility index (Phi) is 5.15. The first-order valence-electron chi connectivity index (χ1n) is 9.08. The maximum atomic E-state index is 12.1. The van der Waals surface area contributed by atoms with Crippen molar-refractivity contribution in [2.45, 2.75) is 19.5 Å². The summed E-state index contributed by atoms with van der Waals surface area (Å²) in [6.45, 7) is 5.02. The van der Waals surface area contributed by atoms with Crippen molar-refractivity contribution in [2.24, 2.45) is 5.92 Å². The molecule has 2 aromatic heterocycles. The SMILES string of the molecule is CN(Cc1nc2ccsc2c(=O)[nH]1)CC1CCN(Cc2ccccc2)C1. The van der Waals surface area contributed by atoms with Gasteiger partial charge in [-0.1, -0.05) is 30.3 Å². The number of aromatic nitrogens is 2. The first-order valence-corrected chi connectivity index (χ1v) is 9.96. The van der Waals surface area contributed by atoms with Gasteiger partial charge in [-0.05, 0) is 42.9 Å². The molecule has 0 saturated carbocycles. The minimum Gasteiger partial charge on any atom is -0.308 e. The molecule has 1 N–H and O–H groups in total. The minimum atomic E-state index is -0.0247. The average Bonchev–Trinajstić information content (AvgIpc) is 3.25. The molecule has 3 aromatic rings. The number of nitrogens with zero attached hydrogens (tertiary/aromatic N) is 3. The maximum Gasteiger partial charge on any atom is 0.268 e.